The highest BCUT2D eigenvalue weighted by Gasteiger charge is 2.12. The molecule has 5 heteroatoms. The van der Waals surface area contributed by atoms with Crippen molar-refractivity contribution in [2.75, 3.05) is 0 Å². The molecule has 0 aliphatic rings. The van der Waals surface area contributed by atoms with Crippen LogP contribution in [0, 0.1) is 11.3 Å². The van der Waals surface area contributed by atoms with Gasteiger partial charge in [0.15, 0.2) is 0 Å². The number of nitrogens with one attached hydrogen (secondary N) is 1. The van der Waals surface area contributed by atoms with Crippen LogP contribution in [0.4, 0.5) is 0 Å². The number of carbonyl (C=O) groups excluding carboxylic acids is 1. The van der Waals surface area contributed by atoms with Crippen LogP contribution in [0.3, 0.4) is 0 Å². The highest BCUT2D eigenvalue weighted by atomic mass is 35.5. The largest absolute Gasteiger partial charge is 0.349 e. The van der Waals surface area contributed by atoms with E-state index in [4.69, 9.17) is 28.5 Å². The average Bonchev–Trinajstić information content (AvgIpc) is 2.50. The van der Waals surface area contributed by atoms with Crippen molar-refractivity contribution in [3.05, 3.63) is 69.2 Å². The molecule has 2 aromatic rings. The minimum atomic E-state index is -0.147. The Bertz CT molecular complexity index is 720. The van der Waals surface area contributed by atoms with Crippen LogP contribution in [0.1, 0.15) is 29.7 Å². The number of carbonyl (C=O) groups is 1. The van der Waals surface area contributed by atoms with Crippen LogP contribution in [0.15, 0.2) is 42.5 Å². The molecular formula is C17H14Cl2N2O. The molecule has 0 saturated heterocycles. The van der Waals surface area contributed by atoms with Gasteiger partial charge in [-0.3, -0.25) is 4.79 Å². The molecule has 2 rings (SSSR count). The van der Waals surface area contributed by atoms with E-state index in [1.807, 2.05) is 19.1 Å². The van der Waals surface area contributed by atoms with Gasteiger partial charge in [-0.15, -0.1) is 0 Å². The summed E-state index contributed by atoms with van der Waals surface area (Å²) in [7, 11) is 0. The third kappa shape index (κ3) is 4.24. The molecule has 0 radical (unpaired) electrons. The van der Waals surface area contributed by atoms with Crippen molar-refractivity contribution < 1.29 is 4.79 Å². The van der Waals surface area contributed by atoms with Crippen LogP contribution >= 0.6 is 23.2 Å². The first-order valence-corrected chi connectivity index (χ1v) is 7.48. The molecule has 0 bridgehead atoms. The Morgan fingerprint density at radius 3 is 2.50 bits per heavy atom. The maximum absolute atomic E-state index is 12.1. The van der Waals surface area contributed by atoms with Crippen LogP contribution in [0.2, 0.25) is 10.0 Å². The Morgan fingerprint density at radius 2 is 1.91 bits per heavy atom. The SMILES string of the molecule is CC(NC(=O)Cc1ccc(Cl)cc1Cl)c1ccc(C#N)cc1. The van der Waals surface area contributed by atoms with Crippen molar-refractivity contribution in [1.29, 1.82) is 5.26 Å². The molecule has 1 N–H and O–H groups in total. The van der Waals surface area contributed by atoms with Crippen LogP contribution in [0.5, 0.6) is 0 Å². The van der Waals surface area contributed by atoms with Crippen LogP contribution < -0.4 is 5.32 Å². The van der Waals surface area contributed by atoms with E-state index in [0.29, 0.717) is 15.6 Å². The van der Waals surface area contributed by atoms with Gasteiger partial charge in [-0.25, -0.2) is 0 Å². The molecule has 3 nitrogen and oxygen atoms in total. The summed E-state index contributed by atoms with van der Waals surface area (Å²) >= 11 is 11.9. The summed E-state index contributed by atoms with van der Waals surface area (Å²) in [6.07, 6.45) is 0.191. The summed E-state index contributed by atoms with van der Waals surface area (Å²) in [5, 5.41) is 12.7. The Balaban J connectivity index is 2.00. The van der Waals surface area contributed by atoms with E-state index in [1.54, 1.807) is 30.3 Å². The summed E-state index contributed by atoms with van der Waals surface area (Å²) < 4.78 is 0. The van der Waals surface area contributed by atoms with E-state index in [1.165, 1.54) is 0 Å². The maximum atomic E-state index is 12.1. The number of nitrogens with zero attached hydrogens (tertiary/aromatic N) is 1. The van der Waals surface area contributed by atoms with Gasteiger partial charge in [0.25, 0.3) is 0 Å². The number of nitriles is 1. The molecule has 0 fully saturated rings. The minimum Gasteiger partial charge on any atom is -0.349 e. The van der Waals surface area contributed by atoms with Gasteiger partial charge < -0.3 is 5.32 Å². The molecule has 0 spiro atoms. The Kier molecular flexibility index (Phi) is 5.43. The van der Waals surface area contributed by atoms with Crippen molar-refractivity contribution in [2.45, 2.75) is 19.4 Å². The van der Waals surface area contributed by atoms with Crippen molar-refractivity contribution in [1.82, 2.24) is 5.32 Å². The van der Waals surface area contributed by atoms with Crippen LogP contribution in [-0.4, -0.2) is 5.91 Å². The summed E-state index contributed by atoms with van der Waals surface area (Å²) in [4.78, 5) is 12.1. The van der Waals surface area contributed by atoms with E-state index in [-0.39, 0.29) is 18.4 Å². The molecule has 0 aliphatic heterocycles. The maximum Gasteiger partial charge on any atom is 0.224 e. The van der Waals surface area contributed by atoms with Crippen molar-refractivity contribution >= 4 is 29.1 Å². The first kappa shape index (κ1) is 16.4. The lowest BCUT2D eigenvalue weighted by Crippen LogP contribution is -2.28. The number of benzene rings is 2. The second kappa shape index (κ2) is 7.31. The lowest BCUT2D eigenvalue weighted by Gasteiger charge is -2.15. The first-order chi connectivity index (χ1) is 10.5. The fraction of sp³-hybridized carbons (Fsp3) is 0.176. The van der Waals surface area contributed by atoms with Gasteiger partial charge in [0.1, 0.15) is 0 Å². The van der Waals surface area contributed by atoms with E-state index in [2.05, 4.69) is 11.4 Å². The molecule has 1 unspecified atom stereocenters. The van der Waals surface area contributed by atoms with Gasteiger partial charge in [-0.1, -0.05) is 41.4 Å². The molecule has 22 heavy (non-hydrogen) atoms. The van der Waals surface area contributed by atoms with Gasteiger partial charge >= 0.3 is 0 Å². The number of hydrogen-bond acceptors (Lipinski definition) is 2. The van der Waals surface area contributed by atoms with E-state index < -0.39 is 0 Å². The molecular weight excluding hydrogens is 319 g/mol. The van der Waals surface area contributed by atoms with Crippen molar-refractivity contribution in [3.63, 3.8) is 0 Å². The molecule has 112 valence electrons. The van der Waals surface area contributed by atoms with Crippen LogP contribution in [-0.2, 0) is 11.2 Å². The highest BCUT2D eigenvalue weighted by Crippen LogP contribution is 2.21. The average molecular weight is 333 g/mol. The summed E-state index contributed by atoms with van der Waals surface area (Å²) in [6, 6.07) is 14.1. The zero-order chi connectivity index (χ0) is 16.1. The predicted molar refractivity (Wildman–Crippen MR) is 87.9 cm³/mol. The van der Waals surface area contributed by atoms with Gasteiger partial charge in [0.05, 0.1) is 24.1 Å². The zero-order valence-electron chi connectivity index (χ0n) is 11.9. The standard InChI is InChI=1S/C17H14Cl2N2O/c1-11(13-4-2-12(10-20)3-5-13)21-17(22)8-14-6-7-15(18)9-16(14)19/h2-7,9,11H,8H2,1H3,(H,21,22). The number of amides is 1. The molecule has 0 aromatic heterocycles. The fourth-order valence-corrected chi connectivity index (χ4v) is 2.54. The number of halogens is 2. The second-order valence-electron chi connectivity index (χ2n) is 4.94. The third-order valence-corrected chi connectivity index (χ3v) is 3.87. The normalized spacial score (nSPS) is 11.5. The number of hydrogen-bond donors (Lipinski definition) is 1. The molecule has 0 saturated carbocycles. The van der Waals surface area contributed by atoms with Crippen molar-refractivity contribution in [3.8, 4) is 6.07 Å². The minimum absolute atomic E-state index is 0.124. The van der Waals surface area contributed by atoms with E-state index in [0.717, 1.165) is 11.1 Å². The van der Waals surface area contributed by atoms with Crippen LogP contribution in [0.25, 0.3) is 0 Å². The smallest absolute Gasteiger partial charge is 0.224 e. The lowest BCUT2D eigenvalue weighted by atomic mass is 10.1. The Morgan fingerprint density at radius 1 is 1.23 bits per heavy atom. The van der Waals surface area contributed by atoms with E-state index in [9.17, 15) is 4.79 Å². The molecule has 2 aromatic carbocycles. The van der Waals surface area contributed by atoms with Gasteiger partial charge in [-0.2, -0.15) is 5.26 Å². The summed E-state index contributed by atoms with van der Waals surface area (Å²) in [6.45, 7) is 1.89. The molecule has 1 amide bonds. The second-order valence-corrected chi connectivity index (χ2v) is 5.78. The predicted octanol–water partition coefficient (Wildman–Crippen LogP) is 4.28. The lowest BCUT2D eigenvalue weighted by molar-refractivity contribution is -0.121. The van der Waals surface area contributed by atoms with E-state index >= 15 is 0 Å². The molecule has 0 heterocycles. The van der Waals surface area contributed by atoms with Gasteiger partial charge in [0.2, 0.25) is 5.91 Å². The molecule has 1 atom stereocenters. The number of rotatable bonds is 4. The third-order valence-electron chi connectivity index (χ3n) is 3.28. The molecule has 0 aliphatic carbocycles. The fourth-order valence-electron chi connectivity index (χ4n) is 2.06. The Hall–Kier alpha value is -2.02. The Labute approximate surface area is 139 Å². The van der Waals surface area contributed by atoms with Crippen molar-refractivity contribution in [2.24, 2.45) is 0 Å². The monoisotopic (exact) mass is 332 g/mol. The topological polar surface area (TPSA) is 52.9 Å². The quantitative estimate of drug-likeness (QED) is 0.908. The zero-order valence-corrected chi connectivity index (χ0v) is 13.4. The van der Waals surface area contributed by atoms with Gasteiger partial charge in [0, 0.05) is 10.0 Å². The highest BCUT2D eigenvalue weighted by molar-refractivity contribution is 6.35. The first-order valence-electron chi connectivity index (χ1n) is 6.73. The summed E-state index contributed by atoms with van der Waals surface area (Å²) in [5.41, 5.74) is 2.26. The van der Waals surface area contributed by atoms with Gasteiger partial charge in [-0.05, 0) is 42.3 Å². The summed E-state index contributed by atoms with van der Waals surface area (Å²) in [5.74, 6) is -0.124.